The molecule has 2 aromatic heterocycles. The van der Waals surface area contributed by atoms with Gasteiger partial charge in [0.15, 0.2) is 5.65 Å². The zero-order valence-electron chi connectivity index (χ0n) is 17.8. The number of fused-ring (bicyclic) bond motifs is 1. The van der Waals surface area contributed by atoms with E-state index in [1.807, 2.05) is 0 Å². The third-order valence-electron chi connectivity index (χ3n) is 5.55. The van der Waals surface area contributed by atoms with E-state index in [1.54, 1.807) is 24.3 Å². The standard InChI is InChI=1S/C23H23F2N7O/c24-16-4-6-18(7-5-16)32-21(26)19-20(15-2-1-3-17(25)14-15)28-23(29-22(19)30-32)27-8-9-31-10-12-33-13-11-31/h1-7,14H,8-13,26H2,(H,27,29,30). The molecule has 33 heavy (non-hydrogen) atoms. The van der Waals surface area contributed by atoms with Crippen LogP contribution >= 0.6 is 0 Å². The molecule has 0 atom stereocenters. The summed E-state index contributed by atoms with van der Waals surface area (Å²) in [7, 11) is 0. The highest BCUT2D eigenvalue weighted by Crippen LogP contribution is 2.33. The van der Waals surface area contributed by atoms with Crippen LogP contribution in [0.2, 0.25) is 0 Å². The van der Waals surface area contributed by atoms with E-state index in [0.717, 1.165) is 32.8 Å². The minimum absolute atomic E-state index is 0.288. The van der Waals surface area contributed by atoms with Gasteiger partial charge in [-0.3, -0.25) is 4.90 Å². The Balaban J connectivity index is 1.54. The van der Waals surface area contributed by atoms with E-state index >= 15 is 0 Å². The topological polar surface area (TPSA) is 94.1 Å². The molecule has 170 valence electrons. The zero-order valence-corrected chi connectivity index (χ0v) is 17.8. The van der Waals surface area contributed by atoms with E-state index in [1.165, 1.54) is 28.9 Å². The number of nitrogens with zero attached hydrogens (tertiary/aromatic N) is 5. The first-order valence-corrected chi connectivity index (χ1v) is 10.7. The molecule has 3 heterocycles. The van der Waals surface area contributed by atoms with Crippen molar-refractivity contribution in [3.8, 4) is 16.9 Å². The van der Waals surface area contributed by atoms with Gasteiger partial charge in [0.1, 0.15) is 17.5 Å². The fourth-order valence-corrected chi connectivity index (χ4v) is 3.87. The van der Waals surface area contributed by atoms with Crippen molar-refractivity contribution in [3.05, 3.63) is 60.2 Å². The van der Waals surface area contributed by atoms with Crippen molar-refractivity contribution in [2.75, 3.05) is 50.4 Å². The highest BCUT2D eigenvalue weighted by atomic mass is 19.1. The molecule has 0 amide bonds. The first-order valence-electron chi connectivity index (χ1n) is 10.7. The lowest BCUT2D eigenvalue weighted by Gasteiger charge is -2.26. The minimum Gasteiger partial charge on any atom is -0.383 e. The quantitative estimate of drug-likeness (QED) is 0.465. The largest absolute Gasteiger partial charge is 0.383 e. The number of rotatable bonds is 6. The molecule has 1 saturated heterocycles. The van der Waals surface area contributed by atoms with Gasteiger partial charge in [0, 0.05) is 31.7 Å². The van der Waals surface area contributed by atoms with Crippen LogP contribution in [-0.4, -0.2) is 64.0 Å². The van der Waals surface area contributed by atoms with Gasteiger partial charge in [-0.05, 0) is 36.4 Å². The van der Waals surface area contributed by atoms with Gasteiger partial charge in [0.05, 0.1) is 30.0 Å². The fourth-order valence-electron chi connectivity index (χ4n) is 3.87. The predicted octanol–water partition coefficient (Wildman–Crippen LogP) is 3.09. The Kier molecular flexibility index (Phi) is 5.84. The number of hydrogen-bond donors (Lipinski definition) is 2. The Hall–Kier alpha value is -3.63. The van der Waals surface area contributed by atoms with Gasteiger partial charge < -0.3 is 15.8 Å². The number of morpholine rings is 1. The lowest BCUT2D eigenvalue weighted by molar-refractivity contribution is 0.0398. The maximum Gasteiger partial charge on any atom is 0.225 e. The summed E-state index contributed by atoms with van der Waals surface area (Å²) in [6.07, 6.45) is 0. The molecular formula is C23H23F2N7O. The Morgan fingerprint density at radius 2 is 1.79 bits per heavy atom. The van der Waals surface area contributed by atoms with Crippen LogP contribution in [0, 0.1) is 11.6 Å². The minimum atomic E-state index is -0.384. The molecule has 1 fully saturated rings. The number of halogens is 2. The van der Waals surface area contributed by atoms with Crippen LogP contribution in [0.15, 0.2) is 48.5 Å². The molecule has 2 aromatic carbocycles. The summed E-state index contributed by atoms with van der Waals surface area (Å²) in [5.41, 5.74) is 8.40. The number of hydrogen-bond acceptors (Lipinski definition) is 7. The van der Waals surface area contributed by atoms with Crippen molar-refractivity contribution >= 4 is 22.8 Å². The van der Waals surface area contributed by atoms with Gasteiger partial charge in [-0.1, -0.05) is 12.1 Å². The monoisotopic (exact) mass is 451 g/mol. The van der Waals surface area contributed by atoms with Crippen molar-refractivity contribution in [2.45, 2.75) is 0 Å². The molecular weight excluding hydrogens is 428 g/mol. The lowest BCUT2D eigenvalue weighted by atomic mass is 10.1. The zero-order chi connectivity index (χ0) is 22.8. The van der Waals surface area contributed by atoms with Crippen LogP contribution in [0.1, 0.15) is 0 Å². The molecule has 0 spiro atoms. The van der Waals surface area contributed by atoms with Crippen LogP contribution in [0.5, 0.6) is 0 Å². The maximum atomic E-state index is 14.0. The van der Waals surface area contributed by atoms with E-state index < -0.39 is 0 Å². The van der Waals surface area contributed by atoms with Crippen LogP contribution in [0.4, 0.5) is 20.5 Å². The molecule has 0 radical (unpaired) electrons. The Morgan fingerprint density at radius 3 is 2.55 bits per heavy atom. The molecule has 0 unspecified atom stereocenters. The smallest absolute Gasteiger partial charge is 0.225 e. The number of benzene rings is 2. The van der Waals surface area contributed by atoms with E-state index in [4.69, 9.17) is 10.5 Å². The number of nitrogens with one attached hydrogen (secondary N) is 1. The van der Waals surface area contributed by atoms with E-state index in [2.05, 4.69) is 25.3 Å². The highest BCUT2D eigenvalue weighted by Gasteiger charge is 2.20. The average molecular weight is 451 g/mol. The second-order valence-corrected chi connectivity index (χ2v) is 7.76. The van der Waals surface area contributed by atoms with Gasteiger partial charge in [-0.2, -0.15) is 4.98 Å². The molecule has 4 aromatic rings. The molecule has 3 N–H and O–H groups in total. The molecule has 5 rings (SSSR count). The molecule has 0 aliphatic carbocycles. The van der Waals surface area contributed by atoms with Crippen molar-refractivity contribution in [1.82, 2.24) is 24.6 Å². The Morgan fingerprint density at radius 1 is 1.00 bits per heavy atom. The molecule has 0 bridgehead atoms. The van der Waals surface area contributed by atoms with E-state index in [9.17, 15) is 8.78 Å². The molecule has 10 heteroatoms. The van der Waals surface area contributed by atoms with E-state index in [0.29, 0.717) is 40.5 Å². The van der Waals surface area contributed by atoms with Gasteiger partial charge in [0.25, 0.3) is 0 Å². The van der Waals surface area contributed by atoms with Gasteiger partial charge in [0.2, 0.25) is 5.95 Å². The van der Waals surface area contributed by atoms with Crippen molar-refractivity contribution in [3.63, 3.8) is 0 Å². The molecule has 1 aliphatic heterocycles. The number of nitrogens with two attached hydrogens (primary N) is 1. The van der Waals surface area contributed by atoms with Crippen LogP contribution in [0.25, 0.3) is 28.0 Å². The first kappa shape index (κ1) is 21.2. The summed E-state index contributed by atoms with van der Waals surface area (Å²) >= 11 is 0. The summed E-state index contributed by atoms with van der Waals surface area (Å²) in [6.45, 7) is 4.66. The Bertz CT molecular complexity index is 1270. The normalized spacial score (nSPS) is 14.6. The molecule has 8 nitrogen and oxygen atoms in total. The number of nitrogen functional groups attached to an aromatic ring is 1. The average Bonchev–Trinajstić information content (AvgIpc) is 3.16. The van der Waals surface area contributed by atoms with Crippen LogP contribution in [-0.2, 0) is 4.74 Å². The highest BCUT2D eigenvalue weighted by molar-refractivity contribution is 5.99. The number of ether oxygens (including phenoxy) is 1. The fraction of sp³-hybridized carbons (Fsp3) is 0.261. The number of anilines is 2. The Labute approximate surface area is 189 Å². The van der Waals surface area contributed by atoms with Crippen molar-refractivity contribution in [2.24, 2.45) is 0 Å². The SMILES string of the molecule is Nc1c2c(-c3cccc(F)c3)nc(NCCN3CCOCC3)nc2nn1-c1ccc(F)cc1. The third kappa shape index (κ3) is 4.48. The van der Waals surface area contributed by atoms with E-state index in [-0.39, 0.29) is 17.5 Å². The number of aromatic nitrogens is 4. The lowest BCUT2D eigenvalue weighted by Crippen LogP contribution is -2.39. The summed E-state index contributed by atoms with van der Waals surface area (Å²) in [5, 5.41) is 8.29. The maximum absolute atomic E-state index is 14.0. The van der Waals surface area contributed by atoms with Gasteiger partial charge in [-0.15, -0.1) is 5.10 Å². The molecule has 1 aliphatic rings. The van der Waals surface area contributed by atoms with Crippen LogP contribution in [0.3, 0.4) is 0 Å². The summed E-state index contributed by atoms with van der Waals surface area (Å²) in [6, 6.07) is 12.0. The third-order valence-corrected chi connectivity index (χ3v) is 5.55. The summed E-state index contributed by atoms with van der Waals surface area (Å²) < 4.78 is 34.3. The predicted molar refractivity (Wildman–Crippen MR) is 122 cm³/mol. The van der Waals surface area contributed by atoms with Crippen molar-refractivity contribution < 1.29 is 13.5 Å². The summed E-state index contributed by atoms with van der Waals surface area (Å²) in [5.74, 6) is -0.0823. The van der Waals surface area contributed by atoms with Crippen molar-refractivity contribution in [1.29, 1.82) is 0 Å². The summed E-state index contributed by atoms with van der Waals surface area (Å²) in [4.78, 5) is 11.5. The first-order chi connectivity index (χ1) is 16.1. The second-order valence-electron chi connectivity index (χ2n) is 7.76. The second kappa shape index (κ2) is 9.08. The van der Waals surface area contributed by atoms with Crippen LogP contribution < -0.4 is 11.1 Å². The van der Waals surface area contributed by atoms with Gasteiger partial charge in [-0.25, -0.2) is 18.4 Å². The molecule has 0 saturated carbocycles. The van der Waals surface area contributed by atoms with Gasteiger partial charge >= 0.3 is 0 Å².